The van der Waals surface area contributed by atoms with Gasteiger partial charge in [-0.15, -0.1) is 11.3 Å². The Hall–Kier alpha value is -2.71. The van der Waals surface area contributed by atoms with Crippen LogP contribution in [0.3, 0.4) is 0 Å². The van der Waals surface area contributed by atoms with Crippen molar-refractivity contribution >= 4 is 39.9 Å². The number of rotatable bonds is 7. The molecule has 0 aliphatic carbocycles. The summed E-state index contributed by atoms with van der Waals surface area (Å²) in [6.45, 7) is 0. The van der Waals surface area contributed by atoms with Crippen molar-refractivity contribution in [2.24, 2.45) is 5.92 Å². The van der Waals surface area contributed by atoms with Crippen LogP contribution in [-0.4, -0.2) is 29.0 Å². The number of nitrogens with zero attached hydrogens (tertiary/aromatic N) is 2. The van der Waals surface area contributed by atoms with Gasteiger partial charge in [0.05, 0.1) is 29.3 Å². The number of carboxylic acids is 1. The number of carboxylic acid groups (broad SMARTS) is 1. The molecule has 9 heteroatoms. The lowest BCUT2D eigenvalue weighted by molar-refractivity contribution is -0.140. The molecule has 28 heavy (non-hydrogen) atoms. The number of furan rings is 1. The molecule has 3 rings (SSSR count). The first kappa shape index (κ1) is 20.0. The maximum absolute atomic E-state index is 13.5. The summed E-state index contributed by atoms with van der Waals surface area (Å²) < 4.78 is 18.8. The highest BCUT2D eigenvalue weighted by Crippen LogP contribution is 2.33. The van der Waals surface area contributed by atoms with Crippen LogP contribution < -0.4 is 4.90 Å². The number of thiazole rings is 1. The van der Waals surface area contributed by atoms with E-state index >= 15 is 0 Å². The largest absolute Gasteiger partial charge is 0.481 e. The normalized spacial score (nSPS) is 12.0. The second-order valence-corrected chi connectivity index (χ2v) is 7.36. The number of anilines is 1. The van der Waals surface area contributed by atoms with E-state index < -0.39 is 23.6 Å². The summed E-state index contributed by atoms with van der Waals surface area (Å²) in [6, 6.07) is 7.33. The van der Waals surface area contributed by atoms with Gasteiger partial charge in [-0.05, 0) is 30.3 Å². The first-order chi connectivity index (χ1) is 13.3. The van der Waals surface area contributed by atoms with E-state index in [2.05, 4.69) is 4.98 Å². The lowest BCUT2D eigenvalue weighted by Crippen LogP contribution is -2.35. The maximum atomic E-state index is 13.5. The van der Waals surface area contributed by atoms with E-state index in [0.717, 1.165) is 0 Å². The third-order valence-electron chi connectivity index (χ3n) is 4.11. The van der Waals surface area contributed by atoms with Crippen LogP contribution in [-0.2, 0) is 16.0 Å². The quantitative estimate of drug-likeness (QED) is 0.606. The number of aromatic nitrogens is 1. The topological polar surface area (TPSA) is 83.6 Å². The molecule has 6 nitrogen and oxygen atoms in total. The van der Waals surface area contributed by atoms with E-state index in [1.165, 1.54) is 47.7 Å². The Bertz CT molecular complexity index is 990. The Morgan fingerprint density at radius 1 is 1.39 bits per heavy atom. The molecule has 1 atom stereocenters. The Morgan fingerprint density at radius 2 is 2.18 bits per heavy atom. The minimum absolute atomic E-state index is 0.163. The molecule has 1 aromatic carbocycles. The molecule has 1 amide bonds. The van der Waals surface area contributed by atoms with E-state index in [1.54, 1.807) is 17.5 Å². The number of amides is 1. The van der Waals surface area contributed by atoms with Gasteiger partial charge in [0, 0.05) is 24.4 Å². The smallest absolute Gasteiger partial charge is 0.304 e. The standard InChI is InChI=1S/C19H16ClFN2O4S/c1-23(18(26)11(8-17(24)25)7-13-3-2-6-27-13)19-22-16(10-28-19)14-9-12(21)4-5-15(14)20/h2-6,9-11H,7-8H2,1H3,(H,24,25). The van der Waals surface area contributed by atoms with Crippen molar-refractivity contribution in [2.45, 2.75) is 12.8 Å². The summed E-state index contributed by atoms with van der Waals surface area (Å²) in [5.41, 5.74) is 0.854. The Balaban J connectivity index is 1.82. The number of carbonyl (C=O) groups is 2. The fourth-order valence-electron chi connectivity index (χ4n) is 2.73. The minimum atomic E-state index is -1.08. The monoisotopic (exact) mass is 422 g/mol. The first-order valence-corrected chi connectivity index (χ1v) is 9.53. The van der Waals surface area contributed by atoms with Crippen molar-refractivity contribution in [3.8, 4) is 11.3 Å². The zero-order chi connectivity index (χ0) is 20.3. The summed E-state index contributed by atoms with van der Waals surface area (Å²) in [4.78, 5) is 29.7. The Kier molecular flexibility index (Phi) is 6.11. The van der Waals surface area contributed by atoms with Gasteiger partial charge in [0.2, 0.25) is 5.91 Å². The van der Waals surface area contributed by atoms with E-state index in [0.29, 0.717) is 27.2 Å². The minimum Gasteiger partial charge on any atom is -0.481 e. The molecule has 146 valence electrons. The summed E-state index contributed by atoms with van der Waals surface area (Å²) in [6.07, 6.45) is 1.30. The number of hydrogen-bond acceptors (Lipinski definition) is 5. The van der Waals surface area contributed by atoms with Crippen molar-refractivity contribution in [1.29, 1.82) is 0 Å². The second kappa shape index (κ2) is 8.53. The fraction of sp³-hybridized carbons (Fsp3) is 0.211. The molecule has 0 bridgehead atoms. The second-order valence-electron chi connectivity index (χ2n) is 6.12. The highest BCUT2D eigenvalue weighted by molar-refractivity contribution is 7.14. The van der Waals surface area contributed by atoms with Crippen molar-refractivity contribution in [1.82, 2.24) is 4.98 Å². The van der Waals surface area contributed by atoms with Crippen LogP contribution in [0.1, 0.15) is 12.2 Å². The van der Waals surface area contributed by atoms with E-state index in [-0.39, 0.29) is 12.8 Å². The van der Waals surface area contributed by atoms with E-state index in [9.17, 15) is 14.0 Å². The molecule has 0 saturated heterocycles. The van der Waals surface area contributed by atoms with E-state index in [1.807, 2.05) is 0 Å². The lowest BCUT2D eigenvalue weighted by atomic mass is 9.98. The molecule has 0 saturated carbocycles. The third-order valence-corrected chi connectivity index (χ3v) is 5.36. The molecule has 1 unspecified atom stereocenters. The van der Waals surface area contributed by atoms with E-state index in [4.69, 9.17) is 21.1 Å². The predicted molar refractivity (Wildman–Crippen MR) is 104 cm³/mol. The van der Waals surface area contributed by atoms with Crippen molar-refractivity contribution in [3.05, 3.63) is 58.6 Å². The van der Waals surface area contributed by atoms with Gasteiger partial charge in [0.1, 0.15) is 11.6 Å². The SMILES string of the molecule is CN(C(=O)C(CC(=O)O)Cc1ccco1)c1nc(-c2cc(F)ccc2Cl)cs1. The van der Waals surface area contributed by atoms with Crippen LogP contribution in [0.4, 0.5) is 9.52 Å². The zero-order valence-electron chi connectivity index (χ0n) is 14.8. The Labute approximate surface area is 169 Å². The molecule has 3 aromatic rings. The number of halogens is 2. The predicted octanol–water partition coefficient (Wildman–Crippen LogP) is 4.49. The van der Waals surface area contributed by atoms with Crippen LogP contribution >= 0.6 is 22.9 Å². The third kappa shape index (κ3) is 4.58. The molecule has 2 heterocycles. The van der Waals surface area contributed by atoms with Crippen molar-refractivity contribution in [2.75, 3.05) is 11.9 Å². The van der Waals surface area contributed by atoms with Crippen LogP contribution in [0.5, 0.6) is 0 Å². The highest BCUT2D eigenvalue weighted by atomic mass is 35.5. The van der Waals surface area contributed by atoms with Gasteiger partial charge in [-0.3, -0.25) is 14.5 Å². The summed E-state index contributed by atoms with van der Waals surface area (Å²) in [5.74, 6) is -2.20. The van der Waals surface area contributed by atoms with Gasteiger partial charge in [-0.1, -0.05) is 11.6 Å². The van der Waals surface area contributed by atoms with Crippen molar-refractivity contribution < 1.29 is 23.5 Å². The number of aliphatic carboxylic acids is 1. The van der Waals surface area contributed by atoms with Gasteiger partial charge in [-0.2, -0.15) is 0 Å². The molecule has 0 radical (unpaired) electrons. The fourth-order valence-corrected chi connectivity index (χ4v) is 3.74. The molecule has 2 aromatic heterocycles. The molecule has 0 aliphatic heterocycles. The zero-order valence-corrected chi connectivity index (χ0v) is 16.3. The Morgan fingerprint density at radius 3 is 2.86 bits per heavy atom. The van der Waals surface area contributed by atoms with Gasteiger partial charge >= 0.3 is 5.97 Å². The summed E-state index contributed by atoms with van der Waals surface area (Å²) in [5, 5.41) is 11.5. The summed E-state index contributed by atoms with van der Waals surface area (Å²) >= 11 is 7.29. The van der Waals surface area contributed by atoms with Gasteiger partial charge in [0.25, 0.3) is 0 Å². The number of hydrogen-bond donors (Lipinski definition) is 1. The number of carbonyl (C=O) groups excluding carboxylic acids is 1. The highest BCUT2D eigenvalue weighted by Gasteiger charge is 2.28. The molecular formula is C19H16ClFN2O4S. The average molecular weight is 423 g/mol. The first-order valence-electron chi connectivity index (χ1n) is 8.28. The maximum Gasteiger partial charge on any atom is 0.304 e. The van der Waals surface area contributed by atoms with Crippen molar-refractivity contribution in [3.63, 3.8) is 0 Å². The molecule has 0 aliphatic rings. The van der Waals surface area contributed by atoms with Gasteiger partial charge in [0.15, 0.2) is 5.13 Å². The van der Waals surface area contributed by atoms with Crippen LogP contribution in [0.2, 0.25) is 5.02 Å². The summed E-state index contributed by atoms with van der Waals surface area (Å²) in [7, 11) is 1.52. The molecule has 1 N–H and O–H groups in total. The average Bonchev–Trinajstić information content (AvgIpc) is 3.33. The van der Waals surface area contributed by atoms with Crippen LogP contribution in [0.15, 0.2) is 46.4 Å². The number of benzene rings is 1. The lowest BCUT2D eigenvalue weighted by Gasteiger charge is -2.20. The molecule has 0 fully saturated rings. The van der Waals surface area contributed by atoms with Crippen LogP contribution in [0, 0.1) is 11.7 Å². The van der Waals surface area contributed by atoms with Gasteiger partial charge < -0.3 is 9.52 Å². The molecule has 0 spiro atoms. The van der Waals surface area contributed by atoms with Crippen LogP contribution in [0.25, 0.3) is 11.3 Å². The van der Waals surface area contributed by atoms with Gasteiger partial charge in [-0.25, -0.2) is 9.37 Å². The molecular weight excluding hydrogens is 407 g/mol.